The Hall–Kier alpha value is -2.92. The molecule has 3 aromatic rings. The summed E-state index contributed by atoms with van der Waals surface area (Å²) >= 11 is 0. The predicted octanol–water partition coefficient (Wildman–Crippen LogP) is 2.42. The quantitative estimate of drug-likeness (QED) is 0.768. The molecule has 2 heterocycles. The van der Waals surface area contributed by atoms with Crippen LogP contribution in [0.15, 0.2) is 42.9 Å². The molecular weight excluding hydrogens is 326 g/mol. The van der Waals surface area contributed by atoms with Crippen LogP contribution in [0.2, 0.25) is 0 Å². The van der Waals surface area contributed by atoms with Crippen molar-refractivity contribution in [3.63, 3.8) is 0 Å². The van der Waals surface area contributed by atoms with Crippen LogP contribution in [0.25, 0.3) is 16.9 Å². The van der Waals surface area contributed by atoms with E-state index in [1.54, 1.807) is 34.9 Å². The number of sulfonamides is 1. The third-order valence-corrected chi connectivity index (χ3v) is 4.93. The van der Waals surface area contributed by atoms with Crippen LogP contribution < -0.4 is 4.72 Å². The van der Waals surface area contributed by atoms with E-state index in [-0.39, 0.29) is 11.4 Å². The second-order valence-corrected chi connectivity index (χ2v) is 7.07. The molecule has 8 heteroatoms. The Morgan fingerprint density at radius 3 is 2.88 bits per heavy atom. The van der Waals surface area contributed by atoms with Gasteiger partial charge in [-0.25, -0.2) is 18.4 Å². The molecule has 0 saturated carbocycles. The molecule has 0 atom stereocenters. The number of nitriles is 1. The number of hydrogen-bond acceptors (Lipinski definition) is 5. The third kappa shape index (κ3) is 3.07. The van der Waals surface area contributed by atoms with Gasteiger partial charge in [0, 0.05) is 17.4 Å². The first-order valence-electron chi connectivity index (χ1n) is 7.37. The van der Waals surface area contributed by atoms with Gasteiger partial charge in [-0.3, -0.25) is 9.12 Å². The maximum Gasteiger partial charge on any atom is 0.232 e. The molecule has 1 N–H and O–H groups in total. The van der Waals surface area contributed by atoms with Gasteiger partial charge < -0.3 is 0 Å². The normalized spacial score (nSPS) is 11.3. The van der Waals surface area contributed by atoms with Crippen molar-refractivity contribution in [3.8, 4) is 17.3 Å². The van der Waals surface area contributed by atoms with E-state index in [1.807, 2.05) is 19.1 Å². The zero-order valence-electron chi connectivity index (χ0n) is 13.0. The lowest BCUT2D eigenvalue weighted by molar-refractivity contribution is 0.600. The lowest BCUT2D eigenvalue weighted by Crippen LogP contribution is -2.16. The van der Waals surface area contributed by atoms with E-state index in [1.165, 1.54) is 6.33 Å². The Balaban J connectivity index is 2.04. The van der Waals surface area contributed by atoms with Crippen LogP contribution in [0.1, 0.15) is 19.0 Å². The van der Waals surface area contributed by atoms with Crippen molar-refractivity contribution in [1.29, 1.82) is 5.26 Å². The van der Waals surface area contributed by atoms with Crippen molar-refractivity contribution in [3.05, 3.63) is 48.5 Å². The zero-order chi connectivity index (χ0) is 17.2. The first-order chi connectivity index (χ1) is 11.5. The summed E-state index contributed by atoms with van der Waals surface area (Å²) in [5.41, 5.74) is 2.77. The molecule has 0 amide bonds. The molecule has 0 bridgehead atoms. The van der Waals surface area contributed by atoms with Gasteiger partial charge in [-0.2, -0.15) is 5.26 Å². The Morgan fingerprint density at radius 2 is 2.12 bits per heavy atom. The average molecular weight is 341 g/mol. The highest BCUT2D eigenvalue weighted by Crippen LogP contribution is 2.24. The van der Waals surface area contributed by atoms with Gasteiger partial charge in [-0.1, -0.05) is 19.1 Å². The second-order valence-electron chi connectivity index (χ2n) is 5.23. The summed E-state index contributed by atoms with van der Waals surface area (Å²) in [6.45, 7) is 1.81. The van der Waals surface area contributed by atoms with Gasteiger partial charge in [0.25, 0.3) is 0 Å². The van der Waals surface area contributed by atoms with Crippen LogP contribution >= 0.6 is 0 Å². The molecule has 2 aromatic heterocycles. The maximum absolute atomic E-state index is 11.9. The van der Waals surface area contributed by atoms with Gasteiger partial charge >= 0.3 is 0 Å². The number of nitrogens with one attached hydrogen (secondary N) is 1. The van der Waals surface area contributed by atoms with E-state index < -0.39 is 10.0 Å². The third-order valence-electron chi connectivity index (χ3n) is 3.44. The molecule has 24 heavy (non-hydrogen) atoms. The average Bonchev–Trinajstić information content (AvgIpc) is 2.97. The summed E-state index contributed by atoms with van der Waals surface area (Å²) in [7, 11) is -3.35. The van der Waals surface area contributed by atoms with Crippen molar-refractivity contribution in [1.82, 2.24) is 14.4 Å². The Labute approximate surface area is 139 Å². The molecule has 3 rings (SSSR count). The molecule has 122 valence electrons. The standard InChI is InChI=1S/C16H15N5O2S/c1-2-8-24(22,23)20-13-5-3-4-12(9-13)15-6-7-18-16-14(10-17)19-11-21(15)16/h3-7,9,11,20H,2,8H2,1H3. The molecular formula is C16H15N5O2S. The van der Waals surface area contributed by atoms with Crippen molar-refractivity contribution in [2.24, 2.45) is 0 Å². The van der Waals surface area contributed by atoms with E-state index in [2.05, 4.69) is 14.7 Å². The number of anilines is 1. The van der Waals surface area contributed by atoms with Crippen LogP contribution in [0, 0.1) is 11.3 Å². The minimum atomic E-state index is -3.35. The summed E-state index contributed by atoms with van der Waals surface area (Å²) in [5, 5.41) is 9.07. The van der Waals surface area contributed by atoms with E-state index >= 15 is 0 Å². The van der Waals surface area contributed by atoms with Gasteiger partial charge in [-0.05, 0) is 24.6 Å². The van der Waals surface area contributed by atoms with Crippen molar-refractivity contribution >= 4 is 21.4 Å². The largest absolute Gasteiger partial charge is 0.284 e. The van der Waals surface area contributed by atoms with Gasteiger partial charge in [0.05, 0.1) is 11.4 Å². The highest BCUT2D eigenvalue weighted by atomic mass is 32.2. The minimum Gasteiger partial charge on any atom is -0.284 e. The fourth-order valence-electron chi connectivity index (χ4n) is 2.46. The predicted molar refractivity (Wildman–Crippen MR) is 90.8 cm³/mol. The molecule has 0 aliphatic carbocycles. The highest BCUT2D eigenvalue weighted by Gasteiger charge is 2.12. The maximum atomic E-state index is 11.9. The van der Waals surface area contributed by atoms with Gasteiger partial charge in [-0.15, -0.1) is 0 Å². The fraction of sp³-hybridized carbons (Fsp3) is 0.188. The molecule has 0 saturated heterocycles. The number of benzene rings is 1. The molecule has 0 unspecified atom stereocenters. The van der Waals surface area contributed by atoms with E-state index in [9.17, 15) is 8.42 Å². The van der Waals surface area contributed by atoms with Crippen LogP contribution in [0.3, 0.4) is 0 Å². The molecule has 7 nitrogen and oxygen atoms in total. The van der Waals surface area contributed by atoms with Crippen molar-refractivity contribution in [2.45, 2.75) is 13.3 Å². The van der Waals surface area contributed by atoms with E-state index in [0.29, 0.717) is 17.8 Å². The SMILES string of the molecule is CCCS(=O)(=O)Nc1cccc(-c2ccnc3c(C#N)ncn23)c1. The molecule has 0 aliphatic rings. The fourth-order valence-corrected chi connectivity index (χ4v) is 3.58. The number of imidazole rings is 1. The van der Waals surface area contributed by atoms with Gasteiger partial charge in [0.2, 0.25) is 10.0 Å². The van der Waals surface area contributed by atoms with Crippen LogP contribution in [0.4, 0.5) is 5.69 Å². The molecule has 1 aromatic carbocycles. The van der Waals surface area contributed by atoms with Crippen molar-refractivity contribution < 1.29 is 8.42 Å². The van der Waals surface area contributed by atoms with Crippen LogP contribution in [-0.2, 0) is 10.0 Å². The van der Waals surface area contributed by atoms with Gasteiger partial charge in [0.1, 0.15) is 12.4 Å². The number of fused-ring (bicyclic) bond motifs is 1. The summed E-state index contributed by atoms with van der Waals surface area (Å²) < 4.78 is 28.1. The van der Waals surface area contributed by atoms with E-state index in [4.69, 9.17) is 5.26 Å². The number of rotatable bonds is 5. The highest BCUT2D eigenvalue weighted by molar-refractivity contribution is 7.92. The number of hydrogen-bond donors (Lipinski definition) is 1. The lowest BCUT2D eigenvalue weighted by Gasteiger charge is -2.10. The van der Waals surface area contributed by atoms with Crippen LogP contribution in [-0.4, -0.2) is 28.5 Å². The first-order valence-corrected chi connectivity index (χ1v) is 9.02. The molecule has 0 fully saturated rings. The van der Waals surface area contributed by atoms with E-state index in [0.717, 1.165) is 11.3 Å². The summed E-state index contributed by atoms with van der Waals surface area (Å²) in [5.74, 6) is 0.0732. The summed E-state index contributed by atoms with van der Waals surface area (Å²) in [6, 6.07) is 10.9. The first kappa shape index (κ1) is 16.0. The van der Waals surface area contributed by atoms with Crippen molar-refractivity contribution in [2.75, 3.05) is 10.5 Å². The van der Waals surface area contributed by atoms with Crippen LogP contribution in [0.5, 0.6) is 0 Å². The molecule has 0 spiro atoms. The zero-order valence-corrected chi connectivity index (χ0v) is 13.8. The molecule has 0 radical (unpaired) electrons. The smallest absolute Gasteiger partial charge is 0.232 e. The monoisotopic (exact) mass is 341 g/mol. The Kier molecular flexibility index (Phi) is 4.18. The lowest BCUT2D eigenvalue weighted by atomic mass is 10.1. The minimum absolute atomic E-state index is 0.0732. The Bertz CT molecular complexity index is 1030. The summed E-state index contributed by atoms with van der Waals surface area (Å²) in [6.07, 6.45) is 3.68. The Morgan fingerprint density at radius 1 is 1.29 bits per heavy atom. The number of nitrogens with zero attached hydrogens (tertiary/aromatic N) is 4. The topological polar surface area (TPSA) is 100 Å². The summed E-state index contributed by atoms with van der Waals surface area (Å²) in [4.78, 5) is 8.20. The molecule has 0 aliphatic heterocycles. The van der Waals surface area contributed by atoms with Gasteiger partial charge in [0.15, 0.2) is 11.3 Å². The number of aromatic nitrogens is 3. The second kappa shape index (κ2) is 6.29.